The van der Waals surface area contributed by atoms with E-state index in [-0.39, 0.29) is 12.2 Å². The van der Waals surface area contributed by atoms with Gasteiger partial charge in [-0.25, -0.2) is 0 Å². The van der Waals surface area contributed by atoms with Gasteiger partial charge < -0.3 is 5.73 Å². The van der Waals surface area contributed by atoms with Gasteiger partial charge in [0.25, 0.3) is 0 Å². The molecule has 0 aromatic carbocycles. The van der Waals surface area contributed by atoms with Crippen LogP contribution in [0.5, 0.6) is 0 Å². The number of nitrogens with two attached hydrogens (primary N) is 1. The Balaban J connectivity index is 2.70. The minimum absolute atomic E-state index is 0.0567. The smallest absolute Gasteiger partial charge is 0.217 e. The number of allylic oxidation sites excluding steroid dienone is 1. The molecular formula is C9H12N2O2. The maximum Gasteiger partial charge on any atom is 0.217 e. The number of amides is 1. The number of ketones is 1. The molecule has 1 aliphatic rings. The van der Waals surface area contributed by atoms with Crippen LogP contribution < -0.4 is 5.73 Å². The summed E-state index contributed by atoms with van der Waals surface area (Å²) < 4.78 is 0. The van der Waals surface area contributed by atoms with Crippen LogP contribution in [0.3, 0.4) is 0 Å². The summed E-state index contributed by atoms with van der Waals surface area (Å²) in [4.78, 5) is 25.9. The first-order valence-corrected chi connectivity index (χ1v) is 4.09. The van der Waals surface area contributed by atoms with Crippen LogP contribution in [0.1, 0.15) is 19.8 Å². The first-order valence-electron chi connectivity index (χ1n) is 4.09. The highest BCUT2D eigenvalue weighted by Crippen LogP contribution is 2.24. The number of Topliss-reactive ketones (excluding diaryl/α,β-unsaturated/α-hetero) is 1. The zero-order chi connectivity index (χ0) is 9.90. The Labute approximate surface area is 76.5 Å². The average Bonchev–Trinajstić information content (AvgIpc) is 2.50. The Kier molecular flexibility index (Phi) is 2.60. The molecule has 0 aliphatic carbocycles. The molecule has 0 spiro atoms. The topological polar surface area (TPSA) is 72.5 Å². The molecule has 1 rings (SSSR count). The van der Waals surface area contributed by atoms with E-state index < -0.39 is 11.4 Å². The molecule has 2 N–H and O–H groups in total. The summed E-state index contributed by atoms with van der Waals surface area (Å²) in [6.07, 6.45) is 5.54. The SMILES string of the molecule is CC(=O)C1(CCC(N)=O)C=CC=N1. The van der Waals surface area contributed by atoms with Crippen LogP contribution in [0, 0.1) is 0 Å². The van der Waals surface area contributed by atoms with Crippen LogP contribution in [0.25, 0.3) is 0 Å². The number of aliphatic imine (C=N–C) groups is 1. The van der Waals surface area contributed by atoms with Gasteiger partial charge in [-0.3, -0.25) is 14.6 Å². The molecule has 0 aromatic rings. The number of nitrogens with zero attached hydrogens (tertiary/aromatic N) is 1. The zero-order valence-electron chi connectivity index (χ0n) is 7.49. The van der Waals surface area contributed by atoms with Crippen molar-refractivity contribution in [2.75, 3.05) is 0 Å². The quantitative estimate of drug-likeness (QED) is 0.672. The molecule has 4 nitrogen and oxygen atoms in total. The number of carbonyl (C=O) groups is 2. The van der Waals surface area contributed by atoms with Gasteiger partial charge >= 0.3 is 0 Å². The fourth-order valence-corrected chi connectivity index (χ4v) is 1.27. The van der Waals surface area contributed by atoms with Crippen molar-refractivity contribution < 1.29 is 9.59 Å². The minimum Gasteiger partial charge on any atom is -0.370 e. The van der Waals surface area contributed by atoms with Crippen molar-refractivity contribution in [1.82, 2.24) is 0 Å². The molecule has 0 bridgehead atoms. The van der Waals surface area contributed by atoms with Gasteiger partial charge in [-0.15, -0.1) is 0 Å². The first-order chi connectivity index (χ1) is 6.07. The van der Waals surface area contributed by atoms with Gasteiger partial charge in [0.05, 0.1) is 0 Å². The monoisotopic (exact) mass is 180 g/mol. The van der Waals surface area contributed by atoms with E-state index in [0.717, 1.165) is 0 Å². The molecule has 0 saturated carbocycles. The van der Waals surface area contributed by atoms with Crippen molar-refractivity contribution in [3.8, 4) is 0 Å². The summed E-state index contributed by atoms with van der Waals surface area (Å²) >= 11 is 0. The van der Waals surface area contributed by atoms with Gasteiger partial charge in [-0.2, -0.15) is 0 Å². The standard InChI is InChI=1S/C9H12N2O2/c1-7(12)9(4-2-6-11-9)5-3-8(10)13/h2,4,6H,3,5H2,1H3,(H2,10,13). The fraction of sp³-hybridized carbons (Fsp3) is 0.444. The Morgan fingerprint density at radius 2 is 2.23 bits per heavy atom. The Hall–Kier alpha value is -1.45. The van der Waals surface area contributed by atoms with Crippen LogP contribution in [-0.4, -0.2) is 23.4 Å². The molecule has 1 amide bonds. The van der Waals surface area contributed by atoms with E-state index in [4.69, 9.17) is 5.73 Å². The Bertz CT molecular complexity index is 280. The van der Waals surface area contributed by atoms with Gasteiger partial charge in [-0.05, 0) is 25.5 Å². The molecule has 1 unspecified atom stereocenters. The highest BCUT2D eigenvalue weighted by atomic mass is 16.1. The Morgan fingerprint density at radius 3 is 2.62 bits per heavy atom. The van der Waals surface area contributed by atoms with E-state index in [2.05, 4.69) is 4.99 Å². The predicted molar refractivity (Wildman–Crippen MR) is 49.5 cm³/mol. The van der Waals surface area contributed by atoms with Crippen molar-refractivity contribution in [2.45, 2.75) is 25.3 Å². The van der Waals surface area contributed by atoms with E-state index in [1.54, 1.807) is 18.4 Å². The number of rotatable bonds is 4. The number of hydrogen-bond acceptors (Lipinski definition) is 3. The van der Waals surface area contributed by atoms with Crippen LogP contribution in [0.2, 0.25) is 0 Å². The summed E-state index contributed by atoms with van der Waals surface area (Å²) in [6, 6.07) is 0. The average molecular weight is 180 g/mol. The normalized spacial score (nSPS) is 25.0. The fourth-order valence-electron chi connectivity index (χ4n) is 1.27. The molecule has 0 saturated heterocycles. The summed E-state index contributed by atoms with van der Waals surface area (Å²) in [6.45, 7) is 1.47. The molecule has 4 heteroatoms. The third-order valence-electron chi connectivity index (χ3n) is 2.13. The second kappa shape index (κ2) is 3.51. The van der Waals surface area contributed by atoms with Crippen molar-refractivity contribution in [3.05, 3.63) is 12.2 Å². The highest BCUT2D eigenvalue weighted by Gasteiger charge is 2.33. The Morgan fingerprint density at radius 1 is 1.54 bits per heavy atom. The molecule has 70 valence electrons. The summed E-state index contributed by atoms with van der Waals surface area (Å²) in [5, 5.41) is 0. The van der Waals surface area contributed by atoms with Crippen molar-refractivity contribution in [1.29, 1.82) is 0 Å². The number of hydrogen-bond donors (Lipinski definition) is 1. The van der Waals surface area contributed by atoms with E-state index in [9.17, 15) is 9.59 Å². The van der Waals surface area contributed by atoms with Gasteiger partial charge in [0.15, 0.2) is 5.78 Å². The van der Waals surface area contributed by atoms with Crippen molar-refractivity contribution in [2.24, 2.45) is 10.7 Å². The molecule has 0 radical (unpaired) electrons. The summed E-state index contributed by atoms with van der Waals surface area (Å²) in [7, 11) is 0. The molecule has 13 heavy (non-hydrogen) atoms. The minimum atomic E-state index is -0.824. The molecule has 1 heterocycles. The van der Waals surface area contributed by atoms with Gasteiger partial charge in [0, 0.05) is 12.6 Å². The maximum atomic E-state index is 11.3. The van der Waals surface area contributed by atoms with E-state index in [0.29, 0.717) is 6.42 Å². The second-order valence-electron chi connectivity index (χ2n) is 3.08. The van der Waals surface area contributed by atoms with Crippen molar-refractivity contribution >= 4 is 17.9 Å². The lowest BCUT2D eigenvalue weighted by molar-refractivity contribution is -0.121. The van der Waals surface area contributed by atoms with Crippen LogP contribution in [0.15, 0.2) is 17.1 Å². The lowest BCUT2D eigenvalue weighted by Gasteiger charge is -2.19. The molecule has 1 atom stereocenters. The third-order valence-corrected chi connectivity index (χ3v) is 2.13. The third kappa shape index (κ3) is 2.02. The van der Waals surface area contributed by atoms with Crippen LogP contribution >= 0.6 is 0 Å². The highest BCUT2D eigenvalue weighted by molar-refractivity contribution is 5.94. The molecule has 1 aliphatic heterocycles. The van der Waals surface area contributed by atoms with E-state index in [1.807, 2.05) is 0 Å². The van der Waals surface area contributed by atoms with Gasteiger partial charge in [0.1, 0.15) is 5.54 Å². The van der Waals surface area contributed by atoms with Crippen molar-refractivity contribution in [3.63, 3.8) is 0 Å². The lowest BCUT2D eigenvalue weighted by Crippen LogP contribution is -2.32. The van der Waals surface area contributed by atoms with Gasteiger partial charge in [-0.1, -0.05) is 0 Å². The number of carbonyl (C=O) groups excluding carboxylic acids is 2. The lowest BCUT2D eigenvalue weighted by atomic mass is 9.90. The largest absolute Gasteiger partial charge is 0.370 e. The molecule has 0 fully saturated rings. The zero-order valence-corrected chi connectivity index (χ0v) is 7.49. The summed E-state index contributed by atoms with van der Waals surface area (Å²) in [5.74, 6) is -0.463. The van der Waals surface area contributed by atoms with Crippen LogP contribution in [0.4, 0.5) is 0 Å². The maximum absolute atomic E-state index is 11.3. The predicted octanol–water partition coefficient (Wildman–Crippen LogP) is 0.220. The second-order valence-corrected chi connectivity index (χ2v) is 3.08. The van der Waals surface area contributed by atoms with Gasteiger partial charge in [0.2, 0.25) is 5.91 Å². The van der Waals surface area contributed by atoms with E-state index >= 15 is 0 Å². The van der Waals surface area contributed by atoms with E-state index in [1.165, 1.54) is 6.92 Å². The molecular weight excluding hydrogens is 168 g/mol. The number of primary amides is 1. The molecule has 0 aromatic heterocycles. The first kappa shape index (κ1) is 9.64. The van der Waals surface area contributed by atoms with Crippen LogP contribution in [-0.2, 0) is 9.59 Å². The summed E-state index contributed by atoms with van der Waals surface area (Å²) in [5.41, 5.74) is 4.18.